The molecule has 4 rings (SSSR count). The van der Waals surface area contributed by atoms with Gasteiger partial charge in [-0.25, -0.2) is 0 Å². The number of aromatic hydroxyl groups is 1. The van der Waals surface area contributed by atoms with E-state index in [2.05, 4.69) is 20.4 Å². The minimum Gasteiger partial charge on any atom is -0.504 e. The van der Waals surface area contributed by atoms with Gasteiger partial charge >= 0.3 is 0 Å². The van der Waals surface area contributed by atoms with Gasteiger partial charge in [0.1, 0.15) is 12.1 Å². The molecule has 0 saturated heterocycles. The van der Waals surface area contributed by atoms with E-state index in [1.165, 1.54) is 24.0 Å². The van der Waals surface area contributed by atoms with E-state index in [1.54, 1.807) is 12.1 Å². The number of fused-ring (bicyclic) bond motifs is 3. The van der Waals surface area contributed by atoms with Gasteiger partial charge in [0.2, 0.25) is 11.7 Å². The Hall–Kier alpha value is -3.36. The molecule has 1 aliphatic rings. The maximum atomic E-state index is 12.5. The third kappa shape index (κ3) is 2.02. The van der Waals surface area contributed by atoms with Crippen molar-refractivity contribution in [3.63, 3.8) is 0 Å². The predicted octanol–water partition coefficient (Wildman–Crippen LogP) is 0.606. The number of phenols is 1. The summed E-state index contributed by atoms with van der Waals surface area (Å²) in [5.41, 5.74) is 0.730. The molecule has 3 N–H and O–H groups in total. The number of rotatable bonds is 2. The number of anilines is 1. The van der Waals surface area contributed by atoms with Crippen LogP contribution >= 0.6 is 0 Å². The Morgan fingerprint density at radius 2 is 2.21 bits per heavy atom. The first-order valence-corrected chi connectivity index (χ1v) is 7.21. The van der Waals surface area contributed by atoms with Crippen LogP contribution in [0.5, 0.6) is 11.5 Å². The Morgan fingerprint density at radius 3 is 3.00 bits per heavy atom. The average molecular weight is 327 g/mol. The molecule has 3 heterocycles. The van der Waals surface area contributed by atoms with E-state index in [0.29, 0.717) is 16.9 Å². The smallest absolute Gasteiger partial charge is 0.258 e. The number of hydrogen-bond acceptors (Lipinski definition) is 6. The molecule has 3 aromatic rings. The van der Waals surface area contributed by atoms with Gasteiger partial charge in [0, 0.05) is 12.3 Å². The number of hydrogen-bond donors (Lipinski definition) is 3. The molecule has 1 aromatic carbocycles. The number of aromatic nitrogens is 4. The summed E-state index contributed by atoms with van der Waals surface area (Å²) < 4.78 is 6.50. The van der Waals surface area contributed by atoms with Crippen LogP contribution in [0.1, 0.15) is 23.5 Å². The quantitative estimate of drug-likeness (QED) is 0.634. The Labute approximate surface area is 134 Å². The molecule has 9 nitrogen and oxygen atoms in total. The van der Waals surface area contributed by atoms with Gasteiger partial charge in [-0.05, 0) is 17.7 Å². The van der Waals surface area contributed by atoms with Crippen LogP contribution in [0.3, 0.4) is 0 Å². The lowest BCUT2D eigenvalue weighted by molar-refractivity contribution is -0.116. The van der Waals surface area contributed by atoms with Crippen LogP contribution in [-0.2, 0) is 4.79 Å². The highest BCUT2D eigenvalue weighted by atomic mass is 16.5. The van der Waals surface area contributed by atoms with Crippen LogP contribution in [0, 0.1) is 0 Å². The van der Waals surface area contributed by atoms with Crippen molar-refractivity contribution in [1.82, 2.24) is 19.6 Å². The molecule has 9 heteroatoms. The zero-order chi connectivity index (χ0) is 16.8. The number of carbonyl (C=O) groups excluding carboxylic acids is 1. The highest BCUT2D eigenvalue weighted by Gasteiger charge is 2.32. The summed E-state index contributed by atoms with van der Waals surface area (Å²) in [7, 11) is 1.44. The summed E-state index contributed by atoms with van der Waals surface area (Å²) >= 11 is 0. The van der Waals surface area contributed by atoms with Crippen LogP contribution in [0.2, 0.25) is 0 Å². The Bertz CT molecular complexity index is 1020. The molecule has 122 valence electrons. The summed E-state index contributed by atoms with van der Waals surface area (Å²) in [5, 5.41) is 16.5. The number of carbonyl (C=O) groups is 1. The maximum Gasteiger partial charge on any atom is 0.258 e. The number of nitrogens with zero attached hydrogens (tertiary/aromatic N) is 3. The van der Waals surface area contributed by atoms with Gasteiger partial charge in [0.05, 0.1) is 12.7 Å². The first-order valence-electron chi connectivity index (χ1n) is 7.21. The molecule has 2 aromatic heterocycles. The predicted molar refractivity (Wildman–Crippen MR) is 83.4 cm³/mol. The van der Waals surface area contributed by atoms with Crippen molar-refractivity contribution in [2.24, 2.45) is 0 Å². The summed E-state index contributed by atoms with van der Waals surface area (Å²) in [6, 6.07) is 4.76. The minimum absolute atomic E-state index is 0.0117. The molecule has 0 bridgehead atoms. The van der Waals surface area contributed by atoms with E-state index in [9.17, 15) is 14.7 Å². The lowest BCUT2D eigenvalue weighted by Gasteiger charge is -2.25. The molecule has 1 aliphatic heterocycles. The number of phenolic OH excluding ortho intramolecular Hbond substituents is 1. The highest BCUT2D eigenvalue weighted by Crippen LogP contribution is 2.37. The second kappa shape index (κ2) is 5.08. The molecule has 0 radical (unpaired) electrons. The molecule has 0 unspecified atom stereocenters. The fourth-order valence-electron chi connectivity index (χ4n) is 2.99. The van der Waals surface area contributed by atoms with Crippen LogP contribution in [-0.4, -0.2) is 37.7 Å². The molecular weight excluding hydrogens is 314 g/mol. The first-order chi connectivity index (χ1) is 11.6. The van der Waals surface area contributed by atoms with Crippen molar-refractivity contribution in [3.8, 4) is 11.5 Å². The summed E-state index contributed by atoms with van der Waals surface area (Å²) in [6.07, 6.45) is 1.40. The molecule has 24 heavy (non-hydrogen) atoms. The fraction of sp³-hybridized carbons (Fsp3) is 0.200. The lowest BCUT2D eigenvalue weighted by atomic mass is 9.86. The van der Waals surface area contributed by atoms with Crippen LogP contribution in [0.4, 0.5) is 5.82 Å². The molecular formula is C15H13N5O4. The number of ether oxygens (including phenoxy) is 1. The standard InChI is InChI=1S/C15H13N5O4/c1-24-10-4-7(2-3-9(10)21)8-5-11(22)18-13-12(8)14(23)19-15-16-6-17-20(13)15/h2-4,6,8,21H,5H2,1H3,(H,18,22)(H,16,17,19,23)/t8-/m1/s1. The van der Waals surface area contributed by atoms with Gasteiger partial charge in [0.15, 0.2) is 11.5 Å². The van der Waals surface area contributed by atoms with Crippen LogP contribution in [0.25, 0.3) is 5.78 Å². The van der Waals surface area contributed by atoms with Crippen molar-refractivity contribution in [2.45, 2.75) is 12.3 Å². The van der Waals surface area contributed by atoms with Crippen LogP contribution in [0.15, 0.2) is 29.3 Å². The van der Waals surface area contributed by atoms with E-state index in [-0.39, 0.29) is 35.2 Å². The SMILES string of the molecule is COc1cc([C@H]2CC(=O)Nc3c2c(=O)[nH]c2ncnn32)ccc1O. The molecule has 0 saturated carbocycles. The highest BCUT2D eigenvalue weighted by molar-refractivity contribution is 5.94. The number of methoxy groups -OCH3 is 1. The lowest BCUT2D eigenvalue weighted by Crippen LogP contribution is -2.32. The molecule has 0 aliphatic carbocycles. The van der Waals surface area contributed by atoms with Gasteiger partial charge in [-0.1, -0.05) is 6.07 Å². The van der Waals surface area contributed by atoms with E-state index < -0.39 is 5.92 Å². The fourth-order valence-corrected chi connectivity index (χ4v) is 2.99. The number of H-pyrrole nitrogens is 1. The van der Waals surface area contributed by atoms with Crippen molar-refractivity contribution in [2.75, 3.05) is 12.4 Å². The number of benzene rings is 1. The van der Waals surface area contributed by atoms with Gasteiger partial charge < -0.3 is 15.2 Å². The summed E-state index contributed by atoms with van der Waals surface area (Å²) in [5.74, 6) is 0.103. The normalized spacial score (nSPS) is 16.7. The largest absolute Gasteiger partial charge is 0.504 e. The Morgan fingerprint density at radius 1 is 1.38 bits per heavy atom. The maximum absolute atomic E-state index is 12.5. The van der Waals surface area contributed by atoms with Gasteiger partial charge in [-0.2, -0.15) is 14.6 Å². The zero-order valence-corrected chi connectivity index (χ0v) is 12.6. The summed E-state index contributed by atoms with van der Waals surface area (Å²) in [6.45, 7) is 0. The van der Waals surface area contributed by atoms with Gasteiger partial charge in [-0.3, -0.25) is 14.6 Å². The van der Waals surface area contributed by atoms with Crippen molar-refractivity contribution in [1.29, 1.82) is 0 Å². The van der Waals surface area contributed by atoms with E-state index in [0.717, 1.165) is 0 Å². The Kier molecular flexibility index (Phi) is 3.02. The number of aromatic amines is 1. The molecule has 1 amide bonds. The minimum atomic E-state index is -0.486. The molecule has 0 fully saturated rings. The third-order valence-corrected chi connectivity index (χ3v) is 4.09. The Balaban J connectivity index is 1.96. The topological polar surface area (TPSA) is 122 Å². The monoisotopic (exact) mass is 327 g/mol. The van der Waals surface area contributed by atoms with Gasteiger partial charge in [-0.15, -0.1) is 0 Å². The van der Waals surface area contributed by atoms with E-state index in [1.807, 2.05) is 0 Å². The summed E-state index contributed by atoms with van der Waals surface area (Å²) in [4.78, 5) is 31.3. The number of amides is 1. The van der Waals surface area contributed by atoms with Crippen LogP contribution < -0.4 is 15.6 Å². The van der Waals surface area contributed by atoms with Crippen molar-refractivity contribution >= 4 is 17.5 Å². The second-order valence-corrected chi connectivity index (χ2v) is 5.45. The average Bonchev–Trinajstić information content (AvgIpc) is 3.03. The number of nitrogens with one attached hydrogen (secondary N) is 2. The second-order valence-electron chi connectivity index (χ2n) is 5.45. The first kappa shape index (κ1) is 14.2. The van der Waals surface area contributed by atoms with Crippen molar-refractivity contribution in [3.05, 3.63) is 46.0 Å². The zero-order valence-electron chi connectivity index (χ0n) is 12.6. The van der Waals surface area contributed by atoms with Gasteiger partial charge in [0.25, 0.3) is 5.56 Å². The van der Waals surface area contributed by atoms with E-state index in [4.69, 9.17) is 4.74 Å². The van der Waals surface area contributed by atoms with Crippen molar-refractivity contribution < 1.29 is 14.6 Å². The van der Waals surface area contributed by atoms with E-state index >= 15 is 0 Å². The molecule has 1 atom stereocenters. The third-order valence-electron chi connectivity index (χ3n) is 4.09. The molecule has 0 spiro atoms.